The summed E-state index contributed by atoms with van der Waals surface area (Å²) in [7, 11) is 0. The van der Waals surface area contributed by atoms with Gasteiger partial charge in [0.05, 0.1) is 0 Å². The Labute approximate surface area is 154 Å². The molecule has 0 saturated heterocycles. The highest BCUT2D eigenvalue weighted by Crippen LogP contribution is 2.13. The molecular weight excluding hydrogens is 316 g/mol. The summed E-state index contributed by atoms with van der Waals surface area (Å²) in [5.41, 5.74) is 0. The molecular formula is C21H40O4. The molecule has 0 radical (unpaired) electrons. The van der Waals surface area contributed by atoms with E-state index in [4.69, 9.17) is 10.2 Å². The van der Waals surface area contributed by atoms with Crippen LogP contribution in [0.1, 0.15) is 110 Å². The van der Waals surface area contributed by atoms with Crippen molar-refractivity contribution < 1.29 is 19.8 Å². The van der Waals surface area contributed by atoms with E-state index in [0.717, 1.165) is 18.9 Å². The van der Waals surface area contributed by atoms with Gasteiger partial charge in [-0.1, -0.05) is 103 Å². The Kier molecular flexibility index (Phi) is 23.5. The first-order valence-electron chi connectivity index (χ1n) is 10.1. The van der Waals surface area contributed by atoms with E-state index in [1.165, 1.54) is 83.5 Å². The number of unbranched alkanes of at least 4 members (excludes halogenated alkanes) is 14. The van der Waals surface area contributed by atoms with Crippen molar-refractivity contribution in [2.24, 2.45) is 0 Å². The smallest absolute Gasteiger partial charge is 0.327 e. The van der Waals surface area contributed by atoms with E-state index in [0.29, 0.717) is 6.42 Å². The van der Waals surface area contributed by atoms with Crippen molar-refractivity contribution in [2.75, 3.05) is 0 Å². The quantitative estimate of drug-likeness (QED) is 0.228. The first-order chi connectivity index (χ1) is 12.0. The molecule has 0 aliphatic rings. The summed E-state index contributed by atoms with van der Waals surface area (Å²) in [6.45, 7) is 5.23. The lowest BCUT2D eigenvalue weighted by atomic mass is 10.0. The number of carboxylic acids is 2. The maximum absolute atomic E-state index is 10.3. The molecule has 0 heterocycles. The van der Waals surface area contributed by atoms with Crippen LogP contribution < -0.4 is 0 Å². The molecule has 0 aliphatic carbocycles. The lowest BCUT2D eigenvalue weighted by Gasteiger charge is -2.03. The average molecular weight is 357 g/mol. The molecule has 0 bridgehead atoms. The lowest BCUT2D eigenvalue weighted by molar-refractivity contribution is -0.137. The van der Waals surface area contributed by atoms with Crippen LogP contribution in [0.5, 0.6) is 0 Å². The molecule has 0 amide bonds. The summed E-state index contributed by atoms with van der Waals surface area (Å²) < 4.78 is 0. The maximum Gasteiger partial charge on any atom is 0.327 e. The van der Waals surface area contributed by atoms with Gasteiger partial charge in [0, 0.05) is 12.5 Å². The van der Waals surface area contributed by atoms with Crippen LogP contribution in [0.25, 0.3) is 0 Å². The summed E-state index contributed by atoms with van der Waals surface area (Å²) in [6, 6.07) is 0. The van der Waals surface area contributed by atoms with Crippen molar-refractivity contribution in [1.82, 2.24) is 0 Å². The molecule has 0 spiro atoms. The zero-order chi connectivity index (χ0) is 19.2. The highest BCUT2D eigenvalue weighted by molar-refractivity contribution is 5.78. The van der Waals surface area contributed by atoms with Crippen LogP contribution >= 0.6 is 0 Å². The van der Waals surface area contributed by atoms with Crippen LogP contribution in [0.15, 0.2) is 12.7 Å². The van der Waals surface area contributed by atoms with Crippen molar-refractivity contribution >= 4 is 11.9 Å². The number of rotatable bonds is 17. The zero-order valence-corrected chi connectivity index (χ0v) is 16.3. The summed E-state index contributed by atoms with van der Waals surface area (Å²) in [5.74, 6) is -1.63. The van der Waals surface area contributed by atoms with Gasteiger partial charge >= 0.3 is 11.9 Å². The van der Waals surface area contributed by atoms with Gasteiger partial charge in [-0.15, -0.1) is 0 Å². The van der Waals surface area contributed by atoms with Crippen molar-refractivity contribution in [1.29, 1.82) is 0 Å². The van der Waals surface area contributed by atoms with Gasteiger partial charge in [0.2, 0.25) is 0 Å². The number of carboxylic acid groups (broad SMARTS) is 2. The molecule has 0 rings (SSSR count). The third-order valence-electron chi connectivity index (χ3n) is 4.17. The Hall–Kier alpha value is -1.32. The fourth-order valence-electron chi connectivity index (χ4n) is 2.65. The molecule has 0 aliphatic heterocycles. The van der Waals surface area contributed by atoms with Crippen molar-refractivity contribution in [2.45, 2.75) is 110 Å². The molecule has 148 valence electrons. The number of hydrogen-bond donors (Lipinski definition) is 2. The minimum atomic E-state index is -0.981. The van der Waals surface area contributed by atoms with Crippen LogP contribution in [0.2, 0.25) is 0 Å². The van der Waals surface area contributed by atoms with Crippen LogP contribution in [-0.2, 0) is 9.59 Å². The number of aliphatic carboxylic acids is 2. The van der Waals surface area contributed by atoms with Crippen molar-refractivity contribution in [3.05, 3.63) is 12.7 Å². The van der Waals surface area contributed by atoms with Gasteiger partial charge in [0.25, 0.3) is 0 Å². The molecule has 0 atom stereocenters. The number of carbonyl (C=O) groups is 2. The Morgan fingerprint density at radius 2 is 0.960 bits per heavy atom. The molecule has 0 unspecified atom stereocenters. The van der Waals surface area contributed by atoms with Crippen LogP contribution in [-0.4, -0.2) is 22.2 Å². The standard InChI is InChI=1S/C18H36O2.C3H4O2/c1-2-3-4-5-6-7-8-9-10-11-12-13-14-15-16-17-18(19)20;1-2-3(4)5/h2-17H2,1H3,(H,19,20);2H,1H2,(H,4,5). The van der Waals surface area contributed by atoms with E-state index in [9.17, 15) is 9.59 Å². The van der Waals surface area contributed by atoms with Gasteiger partial charge in [-0.2, -0.15) is 0 Å². The molecule has 4 heteroatoms. The van der Waals surface area contributed by atoms with Crippen molar-refractivity contribution in [3.8, 4) is 0 Å². The molecule has 4 nitrogen and oxygen atoms in total. The monoisotopic (exact) mass is 356 g/mol. The second-order valence-electron chi connectivity index (χ2n) is 6.64. The molecule has 0 aromatic heterocycles. The van der Waals surface area contributed by atoms with E-state index in [1.807, 2.05) is 0 Å². The largest absolute Gasteiger partial charge is 0.481 e. The first kappa shape index (κ1) is 25.9. The van der Waals surface area contributed by atoms with Crippen LogP contribution in [0.4, 0.5) is 0 Å². The molecule has 0 aromatic rings. The molecule has 0 fully saturated rings. The molecule has 0 saturated carbocycles. The summed E-state index contributed by atoms with van der Waals surface area (Å²) in [4.78, 5) is 19.6. The second kappa shape index (κ2) is 22.7. The minimum Gasteiger partial charge on any atom is -0.481 e. The zero-order valence-electron chi connectivity index (χ0n) is 16.3. The van der Waals surface area contributed by atoms with Gasteiger partial charge in [0.15, 0.2) is 0 Å². The normalized spacial score (nSPS) is 9.96. The lowest BCUT2D eigenvalue weighted by Crippen LogP contribution is -1.93. The van der Waals surface area contributed by atoms with Gasteiger partial charge in [-0.05, 0) is 6.42 Å². The SMILES string of the molecule is C=CC(=O)O.CCCCCCCCCCCCCCCCCC(=O)O. The highest BCUT2D eigenvalue weighted by Gasteiger charge is 1.97. The van der Waals surface area contributed by atoms with E-state index >= 15 is 0 Å². The van der Waals surface area contributed by atoms with E-state index in [1.54, 1.807) is 0 Å². The Balaban J connectivity index is 0. The third kappa shape index (κ3) is 31.0. The predicted molar refractivity (Wildman–Crippen MR) is 105 cm³/mol. The van der Waals surface area contributed by atoms with E-state index < -0.39 is 11.9 Å². The summed E-state index contributed by atoms with van der Waals surface area (Å²) >= 11 is 0. The van der Waals surface area contributed by atoms with Crippen LogP contribution in [0, 0.1) is 0 Å². The Bertz CT molecular complexity index is 313. The van der Waals surface area contributed by atoms with E-state index in [2.05, 4.69) is 13.5 Å². The number of hydrogen-bond acceptors (Lipinski definition) is 2. The van der Waals surface area contributed by atoms with Gasteiger partial charge < -0.3 is 10.2 Å². The average Bonchev–Trinajstić information content (AvgIpc) is 2.58. The maximum atomic E-state index is 10.3. The highest BCUT2D eigenvalue weighted by atomic mass is 16.4. The first-order valence-corrected chi connectivity index (χ1v) is 10.1. The van der Waals surface area contributed by atoms with Crippen molar-refractivity contribution in [3.63, 3.8) is 0 Å². The summed E-state index contributed by atoms with van der Waals surface area (Å²) in [5, 5.41) is 16.1. The molecule has 0 aromatic carbocycles. The van der Waals surface area contributed by atoms with Crippen LogP contribution in [0.3, 0.4) is 0 Å². The van der Waals surface area contributed by atoms with Gasteiger partial charge in [-0.25, -0.2) is 4.79 Å². The fraction of sp³-hybridized carbons (Fsp3) is 0.810. The Morgan fingerprint density at radius 3 is 1.20 bits per heavy atom. The Morgan fingerprint density at radius 1 is 0.680 bits per heavy atom. The summed E-state index contributed by atoms with van der Waals surface area (Å²) in [6.07, 6.45) is 21.0. The van der Waals surface area contributed by atoms with E-state index in [-0.39, 0.29) is 0 Å². The molecule has 2 N–H and O–H groups in total. The predicted octanol–water partition coefficient (Wildman–Crippen LogP) is 6.59. The van der Waals surface area contributed by atoms with Gasteiger partial charge in [0.1, 0.15) is 0 Å². The second-order valence-corrected chi connectivity index (χ2v) is 6.64. The minimum absolute atomic E-state index is 0.345. The van der Waals surface area contributed by atoms with Gasteiger partial charge in [-0.3, -0.25) is 4.79 Å². The topological polar surface area (TPSA) is 74.6 Å². The fourth-order valence-corrected chi connectivity index (χ4v) is 2.65. The third-order valence-corrected chi connectivity index (χ3v) is 4.17. The molecule has 25 heavy (non-hydrogen) atoms.